The highest BCUT2D eigenvalue weighted by Gasteiger charge is 2.21. The molecule has 0 aliphatic carbocycles. The third-order valence-corrected chi connectivity index (χ3v) is 3.31. The van der Waals surface area contributed by atoms with Crippen molar-refractivity contribution in [1.29, 1.82) is 0 Å². The quantitative estimate of drug-likeness (QED) is 0.852. The van der Waals surface area contributed by atoms with E-state index in [4.69, 9.17) is 4.74 Å². The van der Waals surface area contributed by atoms with E-state index in [1.165, 1.54) is 11.1 Å². The summed E-state index contributed by atoms with van der Waals surface area (Å²) in [6, 6.07) is 5.99. The number of amides is 1. The number of ether oxygens (including phenoxy) is 1. The minimum atomic E-state index is 0.00496. The Kier molecular flexibility index (Phi) is 3.79. The second kappa shape index (κ2) is 5.32. The van der Waals surface area contributed by atoms with Gasteiger partial charge in [-0.3, -0.25) is 4.79 Å². The first-order valence-electron chi connectivity index (χ1n) is 6.12. The maximum Gasteiger partial charge on any atom is 0.229 e. The molecule has 1 aliphatic heterocycles. The molecule has 0 saturated carbocycles. The van der Waals surface area contributed by atoms with Crippen LogP contribution in [0.2, 0.25) is 0 Å². The van der Waals surface area contributed by atoms with Crippen LogP contribution in [0.15, 0.2) is 18.2 Å². The first kappa shape index (κ1) is 12.1. The normalized spacial score (nSPS) is 20.0. The van der Waals surface area contributed by atoms with Crippen molar-refractivity contribution in [2.24, 2.45) is 5.92 Å². The molecule has 1 aliphatic rings. The Hall–Kier alpha value is -1.35. The van der Waals surface area contributed by atoms with E-state index in [0.29, 0.717) is 6.61 Å². The average Bonchev–Trinajstić information content (AvgIpc) is 2.35. The van der Waals surface area contributed by atoms with E-state index in [1.807, 2.05) is 18.2 Å². The molecule has 1 unspecified atom stereocenters. The number of benzene rings is 1. The zero-order chi connectivity index (χ0) is 12.3. The predicted octanol–water partition coefficient (Wildman–Crippen LogP) is 2.67. The molecule has 1 amide bonds. The Bertz CT molecular complexity index is 409. The Morgan fingerprint density at radius 2 is 2.18 bits per heavy atom. The number of hydrogen-bond donors (Lipinski definition) is 1. The van der Waals surface area contributed by atoms with E-state index in [9.17, 15) is 4.79 Å². The lowest BCUT2D eigenvalue weighted by molar-refractivity contribution is -0.123. The number of aryl methyl sites for hydroxylation is 2. The van der Waals surface area contributed by atoms with Crippen LogP contribution in [-0.2, 0) is 9.53 Å². The lowest BCUT2D eigenvalue weighted by Gasteiger charge is -2.21. The molecule has 1 aromatic rings. The molecular weight excluding hydrogens is 214 g/mol. The molecule has 0 radical (unpaired) electrons. The lowest BCUT2D eigenvalue weighted by atomic mass is 10.0. The second-order valence-electron chi connectivity index (χ2n) is 4.70. The average molecular weight is 233 g/mol. The molecule has 1 fully saturated rings. The van der Waals surface area contributed by atoms with Gasteiger partial charge in [0.15, 0.2) is 0 Å². The molecule has 1 atom stereocenters. The fraction of sp³-hybridized carbons (Fsp3) is 0.500. The van der Waals surface area contributed by atoms with Crippen LogP contribution < -0.4 is 5.32 Å². The summed E-state index contributed by atoms with van der Waals surface area (Å²) in [7, 11) is 0. The molecule has 1 N–H and O–H groups in total. The highest BCUT2D eigenvalue weighted by atomic mass is 16.5. The van der Waals surface area contributed by atoms with Crippen LogP contribution in [-0.4, -0.2) is 19.1 Å². The highest BCUT2D eigenvalue weighted by Crippen LogP contribution is 2.18. The van der Waals surface area contributed by atoms with Crippen molar-refractivity contribution in [2.75, 3.05) is 18.5 Å². The SMILES string of the molecule is Cc1ccc(NC(=O)C2CCCOC2)cc1C. The van der Waals surface area contributed by atoms with Crippen LogP contribution in [0.4, 0.5) is 5.69 Å². The van der Waals surface area contributed by atoms with Gasteiger partial charge in [0.2, 0.25) is 5.91 Å². The van der Waals surface area contributed by atoms with E-state index in [2.05, 4.69) is 19.2 Å². The Morgan fingerprint density at radius 3 is 2.82 bits per heavy atom. The van der Waals surface area contributed by atoms with E-state index in [-0.39, 0.29) is 11.8 Å². The summed E-state index contributed by atoms with van der Waals surface area (Å²) in [6.45, 7) is 5.45. The summed E-state index contributed by atoms with van der Waals surface area (Å²) >= 11 is 0. The third-order valence-electron chi connectivity index (χ3n) is 3.31. The standard InChI is InChI=1S/C14H19NO2/c1-10-5-6-13(8-11(10)2)15-14(16)12-4-3-7-17-9-12/h5-6,8,12H,3-4,7,9H2,1-2H3,(H,15,16). The van der Waals surface area contributed by atoms with Gasteiger partial charge >= 0.3 is 0 Å². The van der Waals surface area contributed by atoms with Crippen LogP contribution in [0.25, 0.3) is 0 Å². The van der Waals surface area contributed by atoms with E-state index in [0.717, 1.165) is 25.1 Å². The van der Waals surface area contributed by atoms with Gasteiger partial charge in [0.1, 0.15) is 0 Å². The second-order valence-corrected chi connectivity index (χ2v) is 4.70. The number of carbonyl (C=O) groups excluding carboxylic acids is 1. The molecule has 17 heavy (non-hydrogen) atoms. The molecule has 0 aromatic heterocycles. The van der Waals surface area contributed by atoms with E-state index in [1.54, 1.807) is 0 Å². The molecule has 2 rings (SSSR count). The van der Waals surface area contributed by atoms with Crippen LogP contribution in [0.1, 0.15) is 24.0 Å². The zero-order valence-electron chi connectivity index (χ0n) is 10.5. The molecule has 0 spiro atoms. The minimum absolute atomic E-state index is 0.00496. The minimum Gasteiger partial charge on any atom is -0.381 e. The zero-order valence-corrected chi connectivity index (χ0v) is 10.5. The van der Waals surface area contributed by atoms with Crippen molar-refractivity contribution in [3.05, 3.63) is 29.3 Å². The summed E-state index contributed by atoms with van der Waals surface area (Å²) in [5, 5.41) is 2.96. The van der Waals surface area contributed by atoms with Crippen molar-refractivity contribution in [3.8, 4) is 0 Å². The molecule has 3 nitrogen and oxygen atoms in total. The van der Waals surface area contributed by atoms with Gasteiger partial charge in [-0.15, -0.1) is 0 Å². The fourth-order valence-electron chi connectivity index (χ4n) is 2.01. The Morgan fingerprint density at radius 1 is 1.35 bits per heavy atom. The van der Waals surface area contributed by atoms with Gasteiger partial charge in [0.25, 0.3) is 0 Å². The smallest absolute Gasteiger partial charge is 0.229 e. The summed E-state index contributed by atoms with van der Waals surface area (Å²) in [5.41, 5.74) is 3.32. The topological polar surface area (TPSA) is 38.3 Å². The number of anilines is 1. The highest BCUT2D eigenvalue weighted by molar-refractivity contribution is 5.92. The summed E-state index contributed by atoms with van der Waals surface area (Å²) in [5.74, 6) is 0.0818. The molecule has 1 saturated heterocycles. The molecular formula is C14H19NO2. The van der Waals surface area contributed by atoms with Gasteiger partial charge in [0.05, 0.1) is 12.5 Å². The van der Waals surface area contributed by atoms with Crippen molar-refractivity contribution < 1.29 is 9.53 Å². The van der Waals surface area contributed by atoms with Crippen molar-refractivity contribution in [3.63, 3.8) is 0 Å². The number of rotatable bonds is 2. The van der Waals surface area contributed by atoms with Gasteiger partial charge in [-0.2, -0.15) is 0 Å². The summed E-state index contributed by atoms with van der Waals surface area (Å²) in [6.07, 6.45) is 1.90. The monoisotopic (exact) mass is 233 g/mol. The number of nitrogens with one attached hydrogen (secondary N) is 1. The predicted molar refractivity (Wildman–Crippen MR) is 68.1 cm³/mol. The molecule has 92 valence electrons. The summed E-state index contributed by atoms with van der Waals surface area (Å²) < 4.78 is 5.32. The first-order valence-corrected chi connectivity index (χ1v) is 6.12. The maximum atomic E-state index is 12.0. The van der Waals surface area contributed by atoms with Crippen molar-refractivity contribution >= 4 is 11.6 Å². The Labute approximate surface area is 102 Å². The fourth-order valence-corrected chi connectivity index (χ4v) is 2.01. The molecule has 3 heteroatoms. The largest absolute Gasteiger partial charge is 0.381 e. The van der Waals surface area contributed by atoms with E-state index < -0.39 is 0 Å². The first-order chi connectivity index (χ1) is 8.16. The van der Waals surface area contributed by atoms with Gasteiger partial charge in [-0.1, -0.05) is 6.07 Å². The van der Waals surface area contributed by atoms with Gasteiger partial charge in [0, 0.05) is 12.3 Å². The van der Waals surface area contributed by atoms with Crippen LogP contribution >= 0.6 is 0 Å². The third kappa shape index (κ3) is 3.07. The number of carbonyl (C=O) groups is 1. The van der Waals surface area contributed by atoms with E-state index >= 15 is 0 Å². The van der Waals surface area contributed by atoms with Crippen LogP contribution in [0, 0.1) is 19.8 Å². The molecule has 0 bridgehead atoms. The lowest BCUT2D eigenvalue weighted by Crippen LogP contribution is -2.30. The van der Waals surface area contributed by atoms with Crippen molar-refractivity contribution in [2.45, 2.75) is 26.7 Å². The van der Waals surface area contributed by atoms with Crippen molar-refractivity contribution in [1.82, 2.24) is 0 Å². The maximum absolute atomic E-state index is 12.0. The van der Waals surface area contributed by atoms with Gasteiger partial charge in [-0.25, -0.2) is 0 Å². The van der Waals surface area contributed by atoms with Crippen LogP contribution in [0.3, 0.4) is 0 Å². The van der Waals surface area contributed by atoms with Crippen LogP contribution in [0.5, 0.6) is 0 Å². The molecule has 1 aromatic carbocycles. The molecule has 1 heterocycles. The van der Waals surface area contributed by atoms with Gasteiger partial charge < -0.3 is 10.1 Å². The van der Waals surface area contributed by atoms with Gasteiger partial charge in [-0.05, 0) is 49.9 Å². The summed E-state index contributed by atoms with van der Waals surface area (Å²) in [4.78, 5) is 12.0. The number of hydrogen-bond acceptors (Lipinski definition) is 2. The Balaban J connectivity index is 1.99.